The standard InChI is InChI=1S/C24H23N3O2S/c28-30(29,22-11-9-21(10-12-22)27-14-4-5-15-27)26-20-8-13-23-19(16-20)17-24(25-23)18-6-2-1-3-7-18/h1-3,6-13,16-17,25-26H,4-5,14-15H2. The van der Waals surface area contributed by atoms with Gasteiger partial charge in [-0.2, -0.15) is 0 Å². The van der Waals surface area contributed by atoms with E-state index in [0.717, 1.165) is 40.9 Å². The predicted octanol–water partition coefficient (Wildman–Crippen LogP) is 5.24. The lowest BCUT2D eigenvalue weighted by Crippen LogP contribution is -2.18. The van der Waals surface area contributed by atoms with Gasteiger partial charge in [-0.25, -0.2) is 8.42 Å². The van der Waals surface area contributed by atoms with Gasteiger partial charge in [0.1, 0.15) is 0 Å². The maximum absolute atomic E-state index is 12.9. The molecule has 5 nitrogen and oxygen atoms in total. The Bertz CT molecular complexity index is 1270. The van der Waals surface area contributed by atoms with Crippen molar-refractivity contribution in [2.45, 2.75) is 17.7 Å². The summed E-state index contributed by atoms with van der Waals surface area (Å²) in [5.41, 5.74) is 4.68. The van der Waals surface area contributed by atoms with E-state index in [1.165, 1.54) is 12.8 Å². The number of hydrogen-bond donors (Lipinski definition) is 2. The average molecular weight is 418 g/mol. The number of aromatic amines is 1. The van der Waals surface area contributed by atoms with Crippen molar-refractivity contribution in [1.29, 1.82) is 0 Å². The van der Waals surface area contributed by atoms with Crippen molar-refractivity contribution in [3.8, 4) is 11.3 Å². The summed E-state index contributed by atoms with van der Waals surface area (Å²) < 4.78 is 28.4. The smallest absolute Gasteiger partial charge is 0.261 e. The first-order valence-electron chi connectivity index (χ1n) is 10.1. The molecule has 4 aromatic rings. The Balaban J connectivity index is 1.38. The maximum Gasteiger partial charge on any atom is 0.261 e. The van der Waals surface area contributed by atoms with Crippen LogP contribution in [0.15, 0.2) is 83.8 Å². The molecule has 2 N–H and O–H groups in total. The Morgan fingerprint density at radius 1 is 0.833 bits per heavy atom. The van der Waals surface area contributed by atoms with Crippen LogP contribution < -0.4 is 9.62 Å². The normalized spacial score (nSPS) is 14.3. The first kappa shape index (κ1) is 18.8. The molecule has 1 aliphatic heterocycles. The van der Waals surface area contributed by atoms with Crippen LogP contribution in [-0.2, 0) is 10.0 Å². The van der Waals surface area contributed by atoms with Crippen molar-refractivity contribution in [3.05, 3.63) is 78.9 Å². The number of nitrogens with zero attached hydrogens (tertiary/aromatic N) is 1. The fourth-order valence-electron chi connectivity index (χ4n) is 3.99. The van der Waals surface area contributed by atoms with E-state index in [9.17, 15) is 8.42 Å². The summed E-state index contributed by atoms with van der Waals surface area (Å²) in [4.78, 5) is 5.94. The topological polar surface area (TPSA) is 65.2 Å². The third kappa shape index (κ3) is 3.66. The number of benzene rings is 3. The molecule has 1 fully saturated rings. The number of anilines is 2. The van der Waals surface area contributed by atoms with Gasteiger partial charge in [0.2, 0.25) is 0 Å². The van der Waals surface area contributed by atoms with Crippen molar-refractivity contribution in [1.82, 2.24) is 4.98 Å². The third-order valence-electron chi connectivity index (χ3n) is 5.58. The van der Waals surface area contributed by atoms with Gasteiger partial charge < -0.3 is 9.88 Å². The molecular weight excluding hydrogens is 394 g/mol. The number of hydrogen-bond acceptors (Lipinski definition) is 3. The van der Waals surface area contributed by atoms with E-state index in [-0.39, 0.29) is 4.90 Å². The van der Waals surface area contributed by atoms with Crippen LogP contribution >= 0.6 is 0 Å². The van der Waals surface area contributed by atoms with Crippen LogP contribution in [0.5, 0.6) is 0 Å². The van der Waals surface area contributed by atoms with Gasteiger partial charge in [-0.1, -0.05) is 30.3 Å². The minimum atomic E-state index is -3.65. The minimum Gasteiger partial charge on any atom is -0.372 e. The number of H-pyrrole nitrogens is 1. The Kier molecular flexibility index (Phi) is 4.71. The molecule has 0 aliphatic carbocycles. The second kappa shape index (κ2) is 7.54. The molecule has 3 aromatic carbocycles. The first-order valence-corrected chi connectivity index (χ1v) is 11.6. The second-order valence-electron chi connectivity index (χ2n) is 7.64. The Morgan fingerprint density at radius 3 is 2.30 bits per heavy atom. The highest BCUT2D eigenvalue weighted by atomic mass is 32.2. The summed E-state index contributed by atoms with van der Waals surface area (Å²) in [5, 5.41) is 0.957. The van der Waals surface area contributed by atoms with Gasteiger partial charge in [0, 0.05) is 41.1 Å². The molecule has 2 heterocycles. The van der Waals surface area contributed by atoms with Gasteiger partial charge in [0.05, 0.1) is 4.90 Å². The summed E-state index contributed by atoms with van der Waals surface area (Å²) in [5.74, 6) is 0. The fourth-order valence-corrected chi connectivity index (χ4v) is 5.04. The Morgan fingerprint density at radius 2 is 1.57 bits per heavy atom. The summed E-state index contributed by atoms with van der Waals surface area (Å²) in [6, 6.07) is 24.8. The van der Waals surface area contributed by atoms with Crippen molar-refractivity contribution in [2.75, 3.05) is 22.7 Å². The van der Waals surface area contributed by atoms with Crippen LogP contribution in [0.3, 0.4) is 0 Å². The number of fused-ring (bicyclic) bond motifs is 1. The van der Waals surface area contributed by atoms with Crippen molar-refractivity contribution in [2.24, 2.45) is 0 Å². The second-order valence-corrected chi connectivity index (χ2v) is 9.33. The molecule has 1 saturated heterocycles. The molecule has 0 bridgehead atoms. The maximum atomic E-state index is 12.9. The highest BCUT2D eigenvalue weighted by Gasteiger charge is 2.17. The van der Waals surface area contributed by atoms with Crippen LogP contribution in [0.25, 0.3) is 22.2 Å². The SMILES string of the molecule is O=S(=O)(Nc1ccc2[nH]c(-c3ccccc3)cc2c1)c1ccc(N2CCCC2)cc1. The fraction of sp³-hybridized carbons (Fsp3) is 0.167. The minimum absolute atomic E-state index is 0.268. The molecule has 30 heavy (non-hydrogen) atoms. The van der Waals surface area contributed by atoms with E-state index < -0.39 is 10.0 Å². The summed E-state index contributed by atoms with van der Waals surface area (Å²) >= 11 is 0. The van der Waals surface area contributed by atoms with Crippen molar-refractivity contribution in [3.63, 3.8) is 0 Å². The zero-order valence-corrected chi connectivity index (χ0v) is 17.3. The monoisotopic (exact) mass is 417 g/mol. The van der Waals surface area contributed by atoms with Gasteiger partial charge in [-0.3, -0.25) is 4.72 Å². The molecule has 0 saturated carbocycles. The van der Waals surface area contributed by atoms with Gasteiger partial charge >= 0.3 is 0 Å². The molecule has 1 aliphatic rings. The number of rotatable bonds is 5. The van der Waals surface area contributed by atoms with E-state index in [1.54, 1.807) is 18.2 Å². The van der Waals surface area contributed by atoms with E-state index in [0.29, 0.717) is 5.69 Å². The average Bonchev–Trinajstić information content (AvgIpc) is 3.44. The zero-order chi connectivity index (χ0) is 20.6. The number of aromatic nitrogens is 1. The van der Waals surface area contributed by atoms with Crippen molar-refractivity contribution < 1.29 is 8.42 Å². The molecule has 0 amide bonds. The number of nitrogens with one attached hydrogen (secondary N) is 2. The van der Waals surface area contributed by atoms with Crippen LogP contribution in [0.4, 0.5) is 11.4 Å². The third-order valence-corrected chi connectivity index (χ3v) is 6.97. The van der Waals surface area contributed by atoms with E-state index >= 15 is 0 Å². The lowest BCUT2D eigenvalue weighted by Gasteiger charge is -2.17. The highest BCUT2D eigenvalue weighted by molar-refractivity contribution is 7.92. The molecular formula is C24H23N3O2S. The molecule has 0 unspecified atom stereocenters. The van der Waals surface area contributed by atoms with E-state index in [1.807, 2.05) is 60.7 Å². The molecule has 6 heteroatoms. The Hall–Kier alpha value is -3.25. The summed E-state index contributed by atoms with van der Waals surface area (Å²) in [6.07, 6.45) is 2.38. The van der Waals surface area contributed by atoms with E-state index in [2.05, 4.69) is 14.6 Å². The quantitative estimate of drug-likeness (QED) is 0.467. The highest BCUT2D eigenvalue weighted by Crippen LogP contribution is 2.28. The van der Waals surface area contributed by atoms with Gasteiger partial charge in [0.15, 0.2) is 0 Å². The first-order chi connectivity index (χ1) is 14.6. The van der Waals surface area contributed by atoms with Crippen LogP contribution in [0.2, 0.25) is 0 Å². The predicted molar refractivity (Wildman–Crippen MR) is 122 cm³/mol. The summed E-state index contributed by atoms with van der Waals surface area (Å²) in [6.45, 7) is 2.07. The molecule has 1 aromatic heterocycles. The van der Waals surface area contributed by atoms with Crippen LogP contribution in [-0.4, -0.2) is 26.5 Å². The lowest BCUT2D eigenvalue weighted by atomic mass is 10.1. The molecule has 152 valence electrons. The molecule has 0 atom stereocenters. The van der Waals surface area contributed by atoms with Gasteiger partial charge in [-0.15, -0.1) is 0 Å². The summed E-state index contributed by atoms with van der Waals surface area (Å²) in [7, 11) is -3.65. The van der Waals surface area contributed by atoms with E-state index in [4.69, 9.17) is 0 Å². The molecule has 0 radical (unpaired) electrons. The zero-order valence-electron chi connectivity index (χ0n) is 16.5. The van der Waals surface area contributed by atoms with Gasteiger partial charge in [-0.05, 0) is 66.9 Å². The van der Waals surface area contributed by atoms with Crippen LogP contribution in [0, 0.1) is 0 Å². The van der Waals surface area contributed by atoms with Crippen LogP contribution in [0.1, 0.15) is 12.8 Å². The van der Waals surface area contributed by atoms with Gasteiger partial charge in [0.25, 0.3) is 10.0 Å². The molecule has 5 rings (SSSR count). The largest absolute Gasteiger partial charge is 0.372 e. The number of sulfonamides is 1. The van der Waals surface area contributed by atoms with Crippen molar-refractivity contribution >= 4 is 32.3 Å². The Labute approximate surface area is 176 Å². The lowest BCUT2D eigenvalue weighted by molar-refractivity contribution is 0.601. The molecule has 0 spiro atoms.